The Kier molecular flexibility index (Phi) is 68.5. The third-order valence-electron chi connectivity index (χ3n) is 16.2. The van der Waals surface area contributed by atoms with Gasteiger partial charge in [-0.2, -0.15) is 0 Å². The molecule has 9 nitrogen and oxygen atoms in total. The van der Waals surface area contributed by atoms with E-state index in [1.165, 1.54) is 173 Å². The van der Waals surface area contributed by atoms with Gasteiger partial charge >= 0.3 is 11.9 Å². The van der Waals surface area contributed by atoms with Crippen LogP contribution in [0.15, 0.2) is 134 Å². The molecule has 92 heavy (non-hydrogen) atoms. The third-order valence-corrected chi connectivity index (χ3v) is 17.1. The van der Waals surface area contributed by atoms with Gasteiger partial charge in [-0.15, -0.1) is 0 Å². The van der Waals surface area contributed by atoms with Gasteiger partial charge < -0.3 is 27.9 Å². The van der Waals surface area contributed by atoms with Gasteiger partial charge in [0.05, 0.1) is 27.7 Å². The quantitative estimate of drug-likeness (QED) is 0.0195. The van der Waals surface area contributed by atoms with E-state index in [0.717, 1.165) is 116 Å². The number of carbonyl (C=O) groups excluding carboxylic acids is 2. The fourth-order valence-corrected chi connectivity index (χ4v) is 11.2. The van der Waals surface area contributed by atoms with Crippen molar-refractivity contribution in [3.8, 4) is 0 Å². The second-order valence-electron chi connectivity index (χ2n) is 26.3. The first kappa shape index (κ1) is 88.2. The van der Waals surface area contributed by atoms with Crippen molar-refractivity contribution in [3.05, 3.63) is 134 Å². The summed E-state index contributed by atoms with van der Waals surface area (Å²) in [5.41, 5.74) is 0. The van der Waals surface area contributed by atoms with E-state index in [2.05, 4.69) is 148 Å². The zero-order valence-corrected chi connectivity index (χ0v) is 61.1. The standard InChI is InChI=1S/C82H142NO8P/c1-6-8-10-12-14-16-18-20-22-24-26-28-30-32-34-36-37-38-39-40-41-42-43-44-45-47-48-50-52-54-56-58-60-62-64-66-68-70-72-74-81(84)88-78-80(79-90-92(86,87)89-77-76-83(3,4)5)91-82(85)75-73-71-69-67-65-63-61-59-57-55-53-51-49-46-35-33-31-29-27-25-23-21-19-17-15-13-11-9-7-2/h8-11,14-17,20-23,26-29,33,35,49,51,55,57,80H,6-7,12-13,18-19,24-25,30-32,34,36-48,50,52-54,56,58-79H2,1-5H3/b10-8-,11-9-,16-14-,17-15-,22-20-,23-21-,28-26-,29-27-,35-33-,51-49-,57-55-. The molecule has 0 fully saturated rings. The molecule has 2 unspecified atom stereocenters. The van der Waals surface area contributed by atoms with Crippen molar-refractivity contribution in [2.24, 2.45) is 0 Å². The normalized spacial score (nSPS) is 13.8. The van der Waals surface area contributed by atoms with Crippen LogP contribution in [0, 0.1) is 0 Å². The first-order chi connectivity index (χ1) is 45.0. The molecular weight excluding hydrogens is 1160 g/mol. The lowest BCUT2D eigenvalue weighted by Crippen LogP contribution is -2.37. The van der Waals surface area contributed by atoms with Crippen molar-refractivity contribution >= 4 is 19.8 Å². The Bertz CT molecular complexity index is 2020. The summed E-state index contributed by atoms with van der Waals surface area (Å²) in [6, 6.07) is 0. The molecule has 2 atom stereocenters. The zero-order chi connectivity index (χ0) is 66.9. The Labute approximate surface area is 568 Å². The number of hydrogen-bond acceptors (Lipinski definition) is 8. The van der Waals surface area contributed by atoms with Gasteiger partial charge in [-0.05, 0) is 109 Å². The molecule has 0 aromatic carbocycles. The molecule has 0 bridgehead atoms. The van der Waals surface area contributed by atoms with Crippen molar-refractivity contribution in [1.29, 1.82) is 0 Å². The van der Waals surface area contributed by atoms with Crippen LogP contribution in [0.3, 0.4) is 0 Å². The molecule has 0 spiro atoms. The molecule has 0 aliphatic heterocycles. The fraction of sp³-hybridized carbons (Fsp3) is 0.707. The highest BCUT2D eigenvalue weighted by Gasteiger charge is 2.22. The minimum Gasteiger partial charge on any atom is -0.756 e. The summed E-state index contributed by atoms with van der Waals surface area (Å²) in [6.07, 6.45) is 104. The molecule has 0 amide bonds. The number of unbranched alkanes of at least 4 members (excludes halogenated alkanes) is 33. The monoisotopic (exact) mass is 1300 g/mol. The number of ether oxygens (including phenoxy) is 2. The highest BCUT2D eigenvalue weighted by Crippen LogP contribution is 2.38. The molecular formula is C82H142NO8P. The average molecular weight is 1300 g/mol. The van der Waals surface area contributed by atoms with Gasteiger partial charge in [-0.3, -0.25) is 14.2 Å². The second kappa shape index (κ2) is 71.4. The number of hydrogen-bond donors (Lipinski definition) is 0. The summed E-state index contributed by atoms with van der Waals surface area (Å²) in [6.45, 7) is 4.02. The zero-order valence-electron chi connectivity index (χ0n) is 60.2. The molecule has 0 aliphatic rings. The van der Waals surface area contributed by atoms with Gasteiger partial charge in [0.2, 0.25) is 0 Å². The highest BCUT2D eigenvalue weighted by molar-refractivity contribution is 7.45. The number of quaternary nitrogens is 1. The van der Waals surface area contributed by atoms with Gasteiger partial charge in [0.1, 0.15) is 19.8 Å². The summed E-state index contributed by atoms with van der Waals surface area (Å²) in [5.74, 6) is -0.841. The summed E-state index contributed by atoms with van der Waals surface area (Å²) in [4.78, 5) is 38.1. The van der Waals surface area contributed by atoms with E-state index in [9.17, 15) is 19.0 Å². The lowest BCUT2D eigenvalue weighted by molar-refractivity contribution is -0.870. The fourth-order valence-electron chi connectivity index (χ4n) is 10.5. The Morgan fingerprint density at radius 3 is 0.870 bits per heavy atom. The van der Waals surface area contributed by atoms with Crippen molar-refractivity contribution < 1.29 is 42.1 Å². The summed E-state index contributed by atoms with van der Waals surface area (Å²) >= 11 is 0. The van der Waals surface area contributed by atoms with E-state index in [1.807, 2.05) is 21.1 Å². The molecule has 0 aromatic heterocycles. The molecule has 528 valence electrons. The molecule has 0 aliphatic carbocycles. The van der Waals surface area contributed by atoms with Crippen LogP contribution < -0.4 is 4.89 Å². The van der Waals surface area contributed by atoms with Crippen molar-refractivity contribution in [2.45, 2.75) is 328 Å². The van der Waals surface area contributed by atoms with Crippen LogP contribution >= 0.6 is 7.82 Å². The molecule has 0 saturated carbocycles. The van der Waals surface area contributed by atoms with Crippen LogP contribution in [0.2, 0.25) is 0 Å². The van der Waals surface area contributed by atoms with E-state index in [0.29, 0.717) is 17.4 Å². The molecule has 0 radical (unpaired) electrons. The summed E-state index contributed by atoms with van der Waals surface area (Å²) < 4.78 is 34.4. The number of esters is 2. The van der Waals surface area contributed by atoms with Crippen molar-refractivity contribution in [1.82, 2.24) is 0 Å². The van der Waals surface area contributed by atoms with Gasteiger partial charge in [-0.25, -0.2) is 0 Å². The maximum absolute atomic E-state index is 12.9. The number of phosphoric ester groups is 1. The van der Waals surface area contributed by atoms with Crippen molar-refractivity contribution in [3.63, 3.8) is 0 Å². The maximum Gasteiger partial charge on any atom is 0.306 e. The van der Waals surface area contributed by atoms with E-state index in [-0.39, 0.29) is 32.0 Å². The van der Waals surface area contributed by atoms with Crippen molar-refractivity contribution in [2.75, 3.05) is 47.5 Å². The molecule has 0 rings (SSSR count). The van der Waals surface area contributed by atoms with E-state index >= 15 is 0 Å². The summed E-state index contributed by atoms with van der Waals surface area (Å²) in [7, 11) is 1.15. The largest absolute Gasteiger partial charge is 0.756 e. The first-order valence-electron chi connectivity index (χ1n) is 37.9. The molecule has 0 saturated heterocycles. The van der Waals surface area contributed by atoms with Gasteiger partial charge in [-0.1, -0.05) is 334 Å². The van der Waals surface area contributed by atoms with Gasteiger partial charge in [0, 0.05) is 12.8 Å². The minimum absolute atomic E-state index is 0.0376. The van der Waals surface area contributed by atoms with Gasteiger partial charge in [0.15, 0.2) is 6.10 Å². The molecule has 10 heteroatoms. The predicted molar refractivity (Wildman–Crippen MR) is 397 cm³/mol. The number of nitrogens with zero attached hydrogens (tertiary/aromatic N) is 1. The molecule has 0 heterocycles. The van der Waals surface area contributed by atoms with E-state index in [4.69, 9.17) is 18.5 Å². The molecule has 0 N–H and O–H groups in total. The molecule has 0 aromatic rings. The lowest BCUT2D eigenvalue weighted by atomic mass is 10.0. The van der Waals surface area contributed by atoms with E-state index < -0.39 is 26.5 Å². The number of carbonyl (C=O) groups is 2. The Balaban J connectivity index is 3.99. The Morgan fingerprint density at radius 2 is 0.587 bits per heavy atom. The summed E-state index contributed by atoms with van der Waals surface area (Å²) in [5, 5.41) is 0. The Morgan fingerprint density at radius 1 is 0.337 bits per heavy atom. The number of rotatable bonds is 69. The maximum atomic E-state index is 12.9. The van der Waals surface area contributed by atoms with E-state index in [1.54, 1.807) is 0 Å². The SMILES string of the molecule is CC/C=C\C/C=C\C/C=C\C/C=C\C/C=C\C/C=C\C/C=C\CCCCCCCCCC(=O)OC(COC(=O)CCCCCCCCCCCCCCCCCCCCCCCCCCCC/C=C\C/C=C\C/C=C\C/C=C\CC)COP(=O)([O-])OCC[N+](C)(C)C. The minimum atomic E-state index is -4.65. The smallest absolute Gasteiger partial charge is 0.306 e. The first-order valence-corrected chi connectivity index (χ1v) is 39.4. The van der Waals surface area contributed by atoms with Gasteiger partial charge in [0.25, 0.3) is 7.82 Å². The Hall–Kier alpha value is -3.85. The lowest BCUT2D eigenvalue weighted by Gasteiger charge is -2.28. The van der Waals surface area contributed by atoms with Crippen LogP contribution in [0.5, 0.6) is 0 Å². The van der Waals surface area contributed by atoms with Crippen LogP contribution in [0.25, 0.3) is 0 Å². The number of phosphoric acid groups is 1. The average Bonchev–Trinajstić information content (AvgIpc) is 2.14. The number of likely N-dealkylation sites (N-methyl/N-ethyl adjacent to an activating group) is 1. The van der Waals surface area contributed by atoms with Crippen LogP contribution in [-0.2, 0) is 32.7 Å². The topological polar surface area (TPSA) is 111 Å². The van der Waals surface area contributed by atoms with Crippen LogP contribution in [-0.4, -0.2) is 70.0 Å². The third kappa shape index (κ3) is 75.2. The predicted octanol–water partition coefficient (Wildman–Crippen LogP) is 24.5. The van der Waals surface area contributed by atoms with Crippen LogP contribution in [0.1, 0.15) is 322 Å². The second-order valence-corrected chi connectivity index (χ2v) is 27.7. The highest BCUT2D eigenvalue weighted by atomic mass is 31.2. The number of allylic oxidation sites excluding steroid dienone is 22. The van der Waals surface area contributed by atoms with Crippen LogP contribution in [0.4, 0.5) is 0 Å².